The summed E-state index contributed by atoms with van der Waals surface area (Å²) < 4.78 is 9.00. The van der Waals surface area contributed by atoms with E-state index >= 15 is 0 Å². The molecule has 0 spiro atoms. The summed E-state index contributed by atoms with van der Waals surface area (Å²) in [6.07, 6.45) is 1.77. The molecule has 2 heterocycles. The Labute approximate surface area is 79.0 Å². The number of nitrogens with zero attached hydrogens (tertiary/aromatic N) is 3. The van der Waals surface area contributed by atoms with Crippen molar-refractivity contribution in [2.24, 2.45) is 4.40 Å². The van der Waals surface area contributed by atoms with E-state index in [0.29, 0.717) is 0 Å². The second-order valence-electron chi connectivity index (χ2n) is 2.71. The number of rotatable bonds is 0. The number of imidazole rings is 1. The molecule has 0 aliphatic carbocycles. The molecular weight excluding hydrogens is 184 g/mol. The van der Waals surface area contributed by atoms with Crippen LogP contribution in [-0.4, -0.2) is 15.9 Å². The van der Waals surface area contributed by atoms with Crippen LogP contribution < -0.4 is 4.72 Å². The normalized spacial score (nSPS) is 14.2. The minimum Gasteiger partial charge on any atom is -0.280 e. The van der Waals surface area contributed by atoms with Gasteiger partial charge >= 0.3 is 0 Å². The summed E-state index contributed by atoms with van der Waals surface area (Å²) in [5.74, 6) is 0.834. The van der Waals surface area contributed by atoms with Crippen molar-refractivity contribution in [3.05, 3.63) is 24.3 Å². The summed E-state index contributed by atoms with van der Waals surface area (Å²) in [7, 11) is 0. The summed E-state index contributed by atoms with van der Waals surface area (Å²) in [6, 6.07) is 7.98. The van der Waals surface area contributed by atoms with Gasteiger partial charge in [0.05, 0.1) is 23.2 Å². The van der Waals surface area contributed by atoms with E-state index < -0.39 is 0 Å². The van der Waals surface area contributed by atoms with Crippen molar-refractivity contribution in [3.63, 3.8) is 0 Å². The third kappa shape index (κ3) is 0.936. The van der Waals surface area contributed by atoms with E-state index in [1.807, 2.05) is 28.8 Å². The van der Waals surface area contributed by atoms with Crippen LogP contribution in [0.2, 0.25) is 0 Å². The molecular formula is C8H6N4S. The molecule has 3 rings (SSSR count). The van der Waals surface area contributed by atoms with Crippen LogP contribution in [0.3, 0.4) is 0 Å². The highest BCUT2D eigenvalue weighted by Crippen LogP contribution is 2.22. The fourth-order valence-corrected chi connectivity index (χ4v) is 1.79. The van der Waals surface area contributed by atoms with E-state index in [4.69, 9.17) is 0 Å². The standard InChI is InChI=1S/C8H6N4S/c1-2-4-7-6(3-1)10-8-11-13-9-5-12(7)8/h1-5H,(H,10,11). The highest BCUT2D eigenvalue weighted by Gasteiger charge is 2.10. The van der Waals surface area contributed by atoms with Crippen molar-refractivity contribution in [1.82, 2.24) is 9.55 Å². The van der Waals surface area contributed by atoms with E-state index in [1.165, 1.54) is 12.1 Å². The van der Waals surface area contributed by atoms with Gasteiger partial charge in [0.1, 0.15) is 6.34 Å². The predicted molar refractivity (Wildman–Crippen MR) is 54.8 cm³/mol. The number of benzene rings is 1. The first kappa shape index (κ1) is 6.97. The number of aromatic nitrogens is 2. The lowest BCUT2D eigenvalue weighted by molar-refractivity contribution is 1.21. The topological polar surface area (TPSA) is 42.2 Å². The zero-order valence-corrected chi connectivity index (χ0v) is 7.45. The smallest absolute Gasteiger partial charge is 0.220 e. The molecule has 1 aromatic heterocycles. The fraction of sp³-hybridized carbons (Fsp3) is 0. The van der Waals surface area contributed by atoms with Crippen LogP contribution in [0.1, 0.15) is 0 Å². The summed E-state index contributed by atoms with van der Waals surface area (Å²) in [5.41, 5.74) is 2.06. The van der Waals surface area contributed by atoms with Crippen LogP contribution >= 0.6 is 12.1 Å². The van der Waals surface area contributed by atoms with Gasteiger partial charge in [-0.1, -0.05) is 12.1 Å². The Balaban J connectivity index is 2.42. The molecule has 1 aliphatic rings. The maximum atomic E-state index is 4.39. The van der Waals surface area contributed by atoms with Crippen molar-refractivity contribution in [2.75, 3.05) is 4.72 Å². The molecule has 1 aliphatic heterocycles. The molecule has 0 amide bonds. The van der Waals surface area contributed by atoms with E-state index in [2.05, 4.69) is 14.1 Å². The molecule has 0 saturated heterocycles. The highest BCUT2D eigenvalue weighted by molar-refractivity contribution is 7.99. The van der Waals surface area contributed by atoms with E-state index in [0.717, 1.165) is 17.0 Å². The second-order valence-corrected chi connectivity index (χ2v) is 3.31. The number of para-hydroxylation sites is 2. The molecule has 0 bridgehead atoms. The quantitative estimate of drug-likeness (QED) is 0.645. The zero-order chi connectivity index (χ0) is 8.67. The fourth-order valence-electron chi connectivity index (χ4n) is 1.37. The molecule has 1 aromatic carbocycles. The average molecular weight is 190 g/mol. The van der Waals surface area contributed by atoms with Gasteiger partial charge < -0.3 is 0 Å². The van der Waals surface area contributed by atoms with Crippen molar-refractivity contribution < 1.29 is 0 Å². The summed E-state index contributed by atoms with van der Waals surface area (Å²) in [5, 5.41) is 0. The Hall–Kier alpha value is -1.49. The third-order valence-electron chi connectivity index (χ3n) is 1.95. The Morgan fingerprint density at radius 2 is 2.23 bits per heavy atom. The second kappa shape index (κ2) is 2.50. The van der Waals surface area contributed by atoms with E-state index in [9.17, 15) is 0 Å². The van der Waals surface area contributed by atoms with Gasteiger partial charge in [0.2, 0.25) is 5.95 Å². The van der Waals surface area contributed by atoms with Gasteiger partial charge in [-0.15, -0.1) is 0 Å². The Kier molecular flexibility index (Phi) is 1.34. The number of fused-ring (bicyclic) bond motifs is 3. The molecule has 0 saturated carbocycles. The van der Waals surface area contributed by atoms with Crippen LogP contribution in [-0.2, 0) is 0 Å². The van der Waals surface area contributed by atoms with Crippen LogP contribution in [0.25, 0.3) is 11.0 Å². The Morgan fingerprint density at radius 3 is 3.23 bits per heavy atom. The number of anilines is 1. The van der Waals surface area contributed by atoms with Crippen LogP contribution in [0.15, 0.2) is 28.7 Å². The molecule has 13 heavy (non-hydrogen) atoms. The monoisotopic (exact) mass is 190 g/mol. The molecule has 0 radical (unpaired) electrons. The third-order valence-corrected chi connectivity index (χ3v) is 2.42. The van der Waals surface area contributed by atoms with Gasteiger partial charge in [-0.05, 0) is 12.1 Å². The summed E-state index contributed by atoms with van der Waals surface area (Å²) in [4.78, 5) is 4.39. The molecule has 64 valence electrons. The Bertz CT molecular complexity index is 488. The predicted octanol–water partition coefficient (Wildman–Crippen LogP) is 1.90. The van der Waals surface area contributed by atoms with Gasteiger partial charge in [-0.2, -0.15) is 4.40 Å². The number of nitrogens with one attached hydrogen (secondary N) is 1. The number of hydrogen-bond donors (Lipinski definition) is 1. The molecule has 0 fully saturated rings. The first-order valence-corrected chi connectivity index (χ1v) is 4.65. The van der Waals surface area contributed by atoms with Gasteiger partial charge in [-0.25, -0.2) is 4.98 Å². The zero-order valence-electron chi connectivity index (χ0n) is 6.64. The van der Waals surface area contributed by atoms with Gasteiger partial charge in [0.25, 0.3) is 0 Å². The Morgan fingerprint density at radius 1 is 1.31 bits per heavy atom. The summed E-state index contributed by atoms with van der Waals surface area (Å²) in [6.45, 7) is 0. The van der Waals surface area contributed by atoms with Crippen molar-refractivity contribution in [3.8, 4) is 0 Å². The molecule has 0 atom stereocenters. The highest BCUT2D eigenvalue weighted by atomic mass is 32.2. The maximum Gasteiger partial charge on any atom is 0.220 e. The molecule has 5 heteroatoms. The first-order chi connectivity index (χ1) is 6.45. The number of hydrogen-bond acceptors (Lipinski definition) is 4. The molecule has 2 aromatic rings. The van der Waals surface area contributed by atoms with Gasteiger partial charge in [0, 0.05) is 0 Å². The maximum absolute atomic E-state index is 4.39. The lowest BCUT2D eigenvalue weighted by Gasteiger charge is -2.06. The first-order valence-electron chi connectivity index (χ1n) is 3.87. The van der Waals surface area contributed by atoms with Crippen LogP contribution in [0.4, 0.5) is 5.95 Å². The average Bonchev–Trinajstić information content (AvgIpc) is 2.56. The van der Waals surface area contributed by atoms with Crippen LogP contribution in [0.5, 0.6) is 0 Å². The molecule has 0 unspecified atom stereocenters. The van der Waals surface area contributed by atoms with E-state index in [-0.39, 0.29) is 0 Å². The minimum absolute atomic E-state index is 0.834. The van der Waals surface area contributed by atoms with Crippen LogP contribution in [0, 0.1) is 0 Å². The van der Waals surface area contributed by atoms with Crippen molar-refractivity contribution in [1.29, 1.82) is 0 Å². The molecule has 4 nitrogen and oxygen atoms in total. The SMILES string of the molecule is C1=NSNc2nc3ccccc3n21. The lowest BCUT2D eigenvalue weighted by Crippen LogP contribution is -2.04. The van der Waals surface area contributed by atoms with Gasteiger partial charge in [0.15, 0.2) is 0 Å². The van der Waals surface area contributed by atoms with E-state index in [1.54, 1.807) is 6.34 Å². The van der Waals surface area contributed by atoms with Gasteiger partial charge in [-0.3, -0.25) is 9.29 Å². The largest absolute Gasteiger partial charge is 0.280 e. The lowest BCUT2D eigenvalue weighted by atomic mass is 10.3. The van der Waals surface area contributed by atoms with Crippen molar-refractivity contribution in [2.45, 2.75) is 0 Å². The molecule has 1 N–H and O–H groups in total. The minimum atomic E-state index is 0.834. The van der Waals surface area contributed by atoms with Crippen molar-refractivity contribution >= 4 is 35.5 Å². The summed E-state index contributed by atoms with van der Waals surface area (Å²) >= 11 is 1.29.